The second-order valence-electron chi connectivity index (χ2n) is 7.22. The van der Waals surface area contributed by atoms with Gasteiger partial charge >= 0.3 is 0 Å². The summed E-state index contributed by atoms with van der Waals surface area (Å²) in [6.07, 6.45) is 4.32. The summed E-state index contributed by atoms with van der Waals surface area (Å²) in [6, 6.07) is 10.1. The molecule has 27 heavy (non-hydrogen) atoms. The molecular formula is C20H20FN5O. The Hall–Kier alpha value is -2.96. The number of piperazine rings is 1. The minimum atomic E-state index is -0.238. The third-order valence-corrected chi connectivity index (χ3v) is 5.31. The van der Waals surface area contributed by atoms with E-state index in [1.165, 1.54) is 25.0 Å². The van der Waals surface area contributed by atoms with E-state index in [9.17, 15) is 9.18 Å². The van der Waals surface area contributed by atoms with Gasteiger partial charge in [-0.25, -0.2) is 13.9 Å². The molecular weight excluding hydrogens is 345 g/mol. The Morgan fingerprint density at radius 1 is 1.00 bits per heavy atom. The maximum atomic E-state index is 13.1. The van der Waals surface area contributed by atoms with Gasteiger partial charge in [0, 0.05) is 37.8 Å². The van der Waals surface area contributed by atoms with Crippen LogP contribution in [-0.4, -0.2) is 51.6 Å². The van der Waals surface area contributed by atoms with E-state index in [-0.39, 0.29) is 11.7 Å². The first-order chi connectivity index (χ1) is 13.2. The molecule has 1 aliphatic carbocycles. The molecule has 138 valence electrons. The molecule has 2 fully saturated rings. The normalized spacial score (nSPS) is 17.5. The van der Waals surface area contributed by atoms with E-state index in [1.54, 1.807) is 22.7 Å². The number of rotatable bonds is 3. The van der Waals surface area contributed by atoms with Gasteiger partial charge in [-0.15, -0.1) is 0 Å². The zero-order valence-corrected chi connectivity index (χ0v) is 14.9. The van der Waals surface area contributed by atoms with Crippen molar-refractivity contribution in [2.75, 3.05) is 31.1 Å². The Morgan fingerprint density at radius 3 is 2.44 bits per heavy atom. The van der Waals surface area contributed by atoms with E-state index >= 15 is 0 Å². The third kappa shape index (κ3) is 3.13. The van der Waals surface area contributed by atoms with Crippen molar-refractivity contribution in [3.05, 3.63) is 59.8 Å². The average Bonchev–Trinajstić information content (AvgIpc) is 3.47. The Balaban J connectivity index is 1.28. The summed E-state index contributed by atoms with van der Waals surface area (Å²) in [7, 11) is 0. The van der Waals surface area contributed by atoms with Crippen LogP contribution in [0.4, 0.5) is 10.1 Å². The predicted molar refractivity (Wildman–Crippen MR) is 99.5 cm³/mol. The molecule has 0 radical (unpaired) electrons. The average molecular weight is 365 g/mol. The van der Waals surface area contributed by atoms with Crippen LogP contribution in [0.3, 0.4) is 0 Å². The van der Waals surface area contributed by atoms with Crippen molar-refractivity contribution in [1.82, 2.24) is 19.5 Å². The molecule has 6 nitrogen and oxygen atoms in total. The molecule has 7 heteroatoms. The zero-order chi connectivity index (χ0) is 18.4. The van der Waals surface area contributed by atoms with Crippen molar-refractivity contribution < 1.29 is 9.18 Å². The first kappa shape index (κ1) is 16.2. The molecule has 0 N–H and O–H groups in total. The van der Waals surface area contributed by atoms with E-state index in [4.69, 9.17) is 0 Å². The van der Waals surface area contributed by atoms with Crippen LogP contribution in [0.15, 0.2) is 42.6 Å². The Bertz CT molecular complexity index is 987. The second kappa shape index (κ2) is 6.33. The maximum absolute atomic E-state index is 13.1. The van der Waals surface area contributed by atoms with Crippen LogP contribution in [-0.2, 0) is 0 Å². The second-order valence-corrected chi connectivity index (χ2v) is 7.22. The summed E-state index contributed by atoms with van der Waals surface area (Å²) in [4.78, 5) is 21.4. The molecule has 0 atom stereocenters. The van der Waals surface area contributed by atoms with Crippen molar-refractivity contribution in [1.29, 1.82) is 0 Å². The fourth-order valence-corrected chi connectivity index (χ4v) is 3.57. The molecule has 2 aromatic heterocycles. The standard InChI is InChI=1S/C20H20FN5O/c21-15-3-5-16(6-4-15)24-9-11-25(12-10-24)20(27)17-7-8-19-22-18(14-1-2-14)13-26(19)23-17/h3-8,13-14H,1-2,9-12H2. The summed E-state index contributed by atoms with van der Waals surface area (Å²) in [5.74, 6) is 0.265. The van der Waals surface area contributed by atoms with Gasteiger partial charge < -0.3 is 9.80 Å². The topological polar surface area (TPSA) is 53.7 Å². The first-order valence-electron chi connectivity index (χ1n) is 9.33. The minimum absolute atomic E-state index is 0.0580. The number of nitrogens with zero attached hydrogens (tertiary/aromatic N) is 5. The lowest BCUT2D eigenvalue weighted by molar-refractivity contribution is 0.0739. The molecule has 5 rings (SSSR count). The summed E-state index contributed by atoms with van der Waals surface area (Å²) in [5, 5.41) is 4.48. The number of anilines is 1. The zero-order valence-electron chi connectivity index (χ0n) is 14.9. The van der Waals surface area contributed by atoms with Crippen LogP contribution in [0.25, 0.3) is 5.65 Å². The summed E-state index contributed by atoms with van der Waals surface area (Å²) in [5.41, 5.74) is 3.28. The van der Waals surface area contributed by atoms with E-state index < -0.39 is 0 Å². The van der Waals surface area contributed by atoms with Crippen LogP contribution < -0.4 is 4.90 Å². The third-order valence-electron chi connectivity index (χ3n) is 5.31. The largest absolute Gasteiger partial charge is 0.368 e. The lowest BCUT2D eigenvalue weighted by Gasteiger charge is -2.35. The summed E-state index contributed by atoms with van der Waals surface area (Å²) < 4.78 is 14.8. The molecule has 0 spiro atoms. The smallest absolute Gasteiger partial charge is 0.274 e. The first-order valence-corrected chi connectivity index (χ1v) is 9.33. The number of hydrogen-bond acceptors (Lipinski definition) is 4. The summed E-state index contributed by atoms with van der Waals surface area (Å²) >= 11 is 0. The van der Waals surface area contributed by atoms with Gasteiger partial charge in [-0.05, 0) is 49.2 Å². The summed E-state index contributed by atoms with van der Waals surface area (Å²) in [6.45, 7) is 2.67. The molecule has 1 amide bonds. The van der Waals surface area contributed by atoms with Crippen molar-refractivity contribution in [3.8, 4) is 0 Å². The van der Waals surface area contributed by atoms with Crippen LogP contribution >= 0.6 is 0 Å². The highest BCUT2D eigenvalue weighted by Crippen LogP contribution is 2.39. The van der Waals surface area contributed by atoms with Crippen LogP contribution in [0.2, 0.25) is 0 Å². The number of fused-ring (bicyclic) bond motifs is 1. The molecule has 1 saturated carbocycles. The Morgan fingerprint density at radius 2 is 1.74 bits per heavy atom. The maximum Gasteiger partial charge on any atom is 0.274 e. The Kier molecular flexibility index (Phi) is 3.81. The Labute approximate surface area is 156 Å². The van der Waals surface area contributed by atoms with E-state index in [0.717, 1.165) is 30.1 Å². The molecule has 1 saturated heterocycles. The van der Waals surface area contributed by atoms with Gasteiger partial charge in [0.2, 0.25) is 0 Å². The fourth-order valence-electron chi connectivity index (χ4n) is 3.57. The number of carbonyl (C=O) groups excluding carboxylic acids is 1. The van der Waals surface area contributed by atoms with Gasteiger partial charge in [0.25, 0.3) is 5.91 Å². The molecule has 1 aliphatic heterocycles. The number of halogens is 1. The van der Waals surface area contributed by atoms with Crippen molar-refractivity contribution in [2.24, 2.45) is 0 Å². The number of aromatic nitrogens is 3. The van der Waals surface area contributed by atoms with Gasteiger partial charge in [0.1, 0.15) is 11.5 Å². The van der Waals surface area contributed by atoms with Crippen LogP contribution in [0, 0.1) is 5.82 Å². The van der Waals surface area contributed by atoms with Crippen LogP contribution in [0.1, 0.15) is 34.9 Å². The number of hydrogen-bond donors (Lipinski definition) is 0. The monoisotopic (exact) mass is 365 g/mol. The van der Waals surface area contributed by atoms with Crippen molar-refractivity contribution >= 4 is 17.2 Å². The predicted octanol–water partition coefficient (Wildman–Crippen LogP) is 2.71. The number of amides is 1. The highest BCUT2D eigenvalue weighted by atomic mass is 19.1. The van der Waals surface area contributed by atoms with Gasteiger partial charge in [0.05, 0.1) is 11.9 Å². The lowest BCUT2D eigenvalue weighted by Crippen LogP contribution is -2.49. The molecule has 0 unspecified atom stereocenters. The molecule has 2 aliphatic rings. The quantitative estimate of drug-likeness (QED) is 0.716. The molecule has 0 bridgehead atoms. The van der Waals surface area contributed by atoms with E-state index in [2.05, 4.69) is 15.0 Å². The minimum Gasteiger partial charge on any atom is -0.368 e. The number of benzene rings is 1. The van der Waals surface area contributed by atoms with Crippen molar-refractivity contribution in [2.45, 2.75) is 18.8 Å². The van der Waals surface area contributed by atoms with Gasteiger partial charge in [0.15, 0.2) is 5.65 Å². The number of imidazole rings is 1. The SMILES string of the molecule is O=C(c1ccc2nc(C3CC3)cn2n1)N1CCN(c2ccc(F)cc2)CC1. The molecule has 3 heterocycles. The van der Waals surface area contributed by atoms with Gasteiger partial charge in [-0.3, -0.25) is 4.79 Å². The highest BCUT2D eigenvalue weighted by molar-refractivity contribution is 5.92. The van der Waals surface area contributed by atoms with E-state index in [1.807, 2.05) is 17.2 Å². The molecule has 1 aromatic carbocycles. The highest BCUT2D eigenvalue weighted by Gasteiger charge is 2.27. The van der Waals surface area contributed by atoms with Crippen molar-refractivity contribution in [3.63, 3.8) is 0 Å². The van der Waals surface area contributed by atoms with Gasteiger partial charge in [-0.2, -0.15) is 5.10 Å². The van der Waals surface area contributed by atoms with Crippen LogP contribution in [0.5, 0.6) is 0 Å². The lowest BCUT2D eigenvalue weighted by atomic mass is 10.2. The van der Waals surface area contributed by atoms with E-state index in [0.29, 0.717) is 24.7 Å². The number of carbonyl (C=O) groups is 1. The molecule has 3 aromatic rings. The fraction of sp³-hybridized carbons (Fsp3) is 0.350. The van der Waals surface area contributed by atoms with Gasteiger partial charge in [-0.1, -0.05) is 0 Å².